The summed E-state index contributed by atoms with van der Waals surface area (Å²) in [6.45, 7) is 3.59. The van der Waals surface area contributed by atoms with Crippen molar-refractivity contribution >= 4 is 11.4 Å². The van der Waals surface area contributed by atoms with Crippen molar-refractivity contribution in [3.05, 3.63) is 33.9 Å². The molecule has 0 saturated heterocycles. The van der Waals surface area contributed by atoms with Crippen molar-refractivity contribution in [3.8, 4) is 0 Å². The standard InChI is InChI=1S/C14H19F3N2O2/c1-3-11-6-7-12(9-13(11)19(20)21)18-10(2)5-4-8-14(15,16)17/h6-7,9-10,18H,3-5,8H2,1-2H3. The lowest BCUT2D eigenvalue weighted by molar-refractivity contribution is -0.385. The Morgan fingerprint density at radius 3 is 2.57 bits per heavy atom. The number of halogens is 3. The highest BCUT2D eigenvalue weighted by Crippen LogP contribution is 2.26. The van der Waals surface area contributed by atoms with Crippen molar-refractivity contribution in [2.24, 2.45) is 0 Å². The monoisotopic (exact) mass is 304 g/mol. The molecule has 0 saturated carbocycles. The van der Waals surface area contributed by atoms with E-state index in [1.165, 1.54) is 6.07 Å². The zero-order chi connectivity index (χ0) is 16.0. The van der Waals surface area contributed by atoms with Crippen LogP contribution in [0.15, 0.2) is 18.2 Å². The SMILES string of the molecule is CCc1ccc(NC(C)CCCC(F)(F)F)cc1[N+](=O)[O-]. The molecule has 0 aromatic heterocycles. The molecule has 1 aromatic rings. The third-order valence-corrected chi connectivity index (χ3v) is 3.17. The minimum absolute atomic E-state index is 0.0324. The molecular weight excluding hydrogens is 285 g/mol. The van der Waals surface area contributed by atoms with Gasteiger partial charge in [-0.2, -0.15) is 13.2 Å². The summed E-state index contributed by atoms with van der Waals surface area (Å²) in [6, 6.07) is 4.63. The maximum atomic E-state index is 12.1. The first-order chi connectivity index (χ1) is 9.73. The van der Waals surface area contributed by atoms with Gasteiger partial charge in [0.1, 0.15) is 0 Å². The van der Waals surface area contributed by atoms with Gasteiger partial charge >= 0.3 is 6.18 Å². The minimum Gasteiger partial charge on any atom is -0.382 e. The summed E-state index contributed by atoms with van der Waals surface area (Å²) in [7, 11) is 0. The van der Waals surface area contributed by atoms with Crippen LogP contribution in [0.3, 0.4) is 0 Å². The van der Waals surface area contributed by atoms with Crippen LogP contribution in [0.2, 0.25) is 0 Å². The summed E-state index contributed by atoms with van der Waals surface area (Å²) in [4.78, 5) is 10.5. The Hall–Kier alpha value is -1.79. The van der Waals surface area contributed by atoms with Crippen molar-refractivity contribution < 1.29 is 18.1 Å². The van der Waals surface area contributed by atoms with Crippen LogP contribution in [0, 0.1) is 10.1 Å². The number of aryl methyl sites for hydroxylation is 1. The molecule has 4 nitrogen and oxygen atoms in total. The number of nitro benzene ring substituents is 1. The number of nitrogens with zero attached hydrogens (tertiary/aromatic N) is 1. The minimum atomic E-state index is -4.14. The van der Waals surface area contributed by atoms with Crippen LogP contribution in [0.5, 0.6) is 0 Å². The summed E-state index contributed by atoms with van der Waals surface area (Å²) in [5, 5.41) is 14.0. The highest BCUT2D eigenvalue weighted by molar-refractivity contribution is 5.55. The van der Waals surface area contributed by atoms with Gasteiger partial charge in [-0.15, -0.1) is 0 Å². The van der Waals surface area contributed by atoms with Crippen LogP contribution in [0.1, 0.15) is 38.7 Å². The summed E-state index contributed by atoms with van der Waals surface area (Å²) in [6.07, 6.45) is -4.01. The van der Waals surface area contributed by atoms with Gasteiger partial charge in [0, 0.05) is 29.8 Å². The van der Waals surface area contributed by atoms with E-state index >= 15 is 0 Å². The molecule has 0 aliphatic heterocycles. The van der Waals surface area contributed by atoms with Gasteiger partial charge in [0.25, 0.3) is 5.69 Å². The summed E-state index contributed by atoms with van der Waals surface area (Å²) in [5.74, 6) is 0. The van der Waals surface area contributed by atoms with Gasteiger partial charge < -0.3 is 5.32 Å². The fraction of sp³-hybridized carbons (Fsp3) is 0.571. The van der Waals surface area contributed by atoms with Crippen molar-refractivity contribution in [1.29, 1.82) is 0 Å². The van der Waals surface area contributed by atoms with E-state index in [0.717, 1.165) is 0 Å². The molecule has 0 aliphatic carbocycles. The molecule has 0 radical (unpaired) electrons. The highest BCUT2D eigenvalue weighted by atomic mass is 19.4. The average molecular weight is 304 g/mol. The summed E-state index contributed by atoms with van der Waals surface area (Å²) in [5.41, 5.74) is 1.22. The second kappa shape index (κ2) is 7.28. The number of hydrogen-bond donors (Lipinski definition) is 1. The molecule has 21 heavy (non-hydrogen) atoms. The summed E-state index contributed by atoms with van der Waals surface area (Å²) >= 11 is 0. The number of rotatable bonds is 7. The lowest BCUT2D eigenvalue weighted by Gasteiger charge is -2.16. The topological polar surface area (TPSA) is 55.2 Å². The van der Waals surface area contributed by atoms with E-state index in [4.69, 9.17) is 0 Å². The van der Waals surface area contributed by atoms with Gasteiger partial charge in [-0.05, 0) is 32.3 Å². The van der Waals surface area contributed by atoms with E-state index in [2.05, 4.69) is 5.32 Å². The van der Waals surface area contributed by atoms with Gasteiger partial charge in [-0.3, -0.25) is 10.1 Å². The van der Waals surface area contributed by atoms with Gasteiger partial charge in [0.05, 0.1) is 4.92 Å². The molecule has 1 rings (SSSR count). The van der Waals surface area contributed by atoms with Crippen LogP contribution in [-0.4, -0.2) is 17.1 Å². The first-order valence-electron chi connectivity index (χ1n) is 6.83. The van der Waals surface area contributed by atoms with Crippen molar-refractivity contribution in [3.63, 3.8) is 0 Å². The number of nitro groups is 1. The fourth-order valence-corrected chi connectivity index (χ4v) is 2.09. The lowest BCUT2D eigenvalue weighted by Crippen LogP contribution is -2.17. The summed E-state index contributed by atoms with van der Waals surface area (Å²) < 4.78 is 36.2. The maximum absolute atomic E-state index is 12.1. The molecule has 1 unspecified atom stereocenters. The van der Waals surface area contributed by atoms with Crippen molar-refractivity contribution in [2.75, 3.05) is 5.32 Å². The fourth-order valence-electron chi connectivity index (χ4n) is 2.09. The predicted octanol–water partition coefficient (Wildman–Crippen LogP) is 4.69. The second-order valence-electron chi connectivity index (χ2n) is 5.01. The van der Waals surface area contributed by atoms with Crippen LogP contribution in [0.25, 0.3) is 0 Å². The third-order valence-electron chi connectivity index (χ3n) is 3.17. The van der Waals surface area contributed by atoms with Crippen LogP contribution < -0.4 is 5.32 Å². The van der Waals surface area contributed by atoms with E-state index in [-0.39, 0.29) is 18.2 Å². The molecule has 1 atom stereocenters. The number of hydrogen-bond acceptors (Lipinski definition) is 3. The average Bonchev–Trinajstić information content (AvgIpc) is 2.37. The first-order valence-corrected chi connectivity index (χ1v) is 6.83. The van der Waals surface area contributed by atoms with E-state index in [9.17, 15) is 23.3 Å². The van der Waals surface area contributed by atoms with E-state index < -0.39 is 17.5 Å². The smallest absolute Gasteiger partial charge is 0.382 e. The van der Waals surface area contributed by atoms with Crippen LogP contribution >= 0.6 is 0 Å². The largest absolute Gasteiger partial charge is 0.389 e. The molecule has 0 aliphatic rings. The Morgan fingerprint density at radius 2 is 2.05 bits per heavy atom. The molecule has 7 heteroatoms. The molecule has 1 aromatic carbocycles. The Bertz CT molecular complexity index is 490. The third kappa shape index (κ3) is 6.01. The van der Waals surface area contributed by atoms with E-state index in [1.807, 2.05) is 6.92 Å². The zero-order valence-electron chi connectivity index (χ0n) is 12.0. The maximum Gasteiger partial charge on any atom is 0.389 e. The van der Waals surface area contributed by atoms with E-state index in [1.54, 1.807) is 19.1 Å². The van der Waals surface area contributed by atoms with Crippen LogP contribution in [0.4, 0.5) is 24.5 Å². The number of benzene rings is 1. The number of nitrogens with one attached hydrogen (secondary N) is 1. The Morgan fingerprint density at radius 1 is 1.38 bits per heavy atom. The molecule has 118 valence electrons. The number of anilines is 1. The number of alkyl halides is 3. The zero-order valence-corrected chi connectivity index (χ0v) is 12.0. The Balaban J connectivity index is 2.62. The van der Waals surface area contributed by atoms with Crippen molar-refractivity contribution in [1.82, 2.24) is 0 Å². The second-order valence-corrected chi connectivity index (χ2v) is 5.01. The predicted molar refractivity (Wildman–Crippen MR) is 75.5 cm³/mol. The lowest BCUT2D eigenvalue weighted by atomic mass is 10.1. The molecular formula is C14H19F3N2O2. The van der Waals surface area contributed by atoms with Gasteiger partial charge in [-0.1, -0.05) is 13.0 Å². The van der Waals surface area contributed by atoms with Gasteiger partial charge in [0.2, 0.25) is 0 Å². The van der Waals surface area contributed by atoms with Gasteiger partial charge in [0.15, 0.2) is 0 Å². The molecule has 0 bridgehead atoms. The molecule has 0 spiro atoms. The van der Waals surface area contributed by atoms with Crippen LogP contribution in [-0.2, 0) is 6.42 Å². The van der Waals surface area contributed by atoms with Crippen molar-refractivity contribution in [2.45, 2.75) is 51.7 Å². The quantitative estimate of drug-likeness (QED) is 0.587. The highest BCUT2D eigenvalue weighted by Gasteiger charge is 2.26. The van der Waals surface area contributed by atoms with E-state index in [0.29, 0.717) is 24.1 Å². The molecule has 1 N–H and O–H groups in total. The Labute approximate surface area is 121 Å². The molecule has 0 heterocycles. The first kappa shape index (κ1) is 17.3. The van der Waals surface area contributed by atoms with Gasteiger partial charge in [-0.25, -0.2) is 0 Å². The molecule has 0 amide bonds. The normalized spacial score (nSPS) is 13.0. The Kier molecular flexibility index (Phi) is 5.99. The molecule has 0 fully saturated rings.